The van der Waals surface area contributed by atoms with Gasteiger partial charge in [0.25, 0.3) is 0 Å². The van der Waals surface area contributed by atoms with Gasteiger partial charge in [0, 0.05) is 76.6 Å². The van der Waals surface area contributed by atoms with Crippen LogP contribution in [0.3, 0.4) is 0 Å². The molecule has 0 saturated carbocycles. The summed E-state index contributed by atoms with van der Waals surface area (Å²) in [5.41, 5.74) is 1.25. The van der Waals surface area contributed by atoms with Gasteiger partial charge in [0.2, 0.25) is 0 Å². The number of aliphatic hydroxyl groups is 1. The van der Waals surface area contributed by atoms with Crippen molar-refractivity contribution in [1.82, 2.24) is 24.7 Å². The molecule has 1 aromatic heterocycles. The summed E-state index contributed by atoms with van der Waals surface area (Å²) in [7, 11) is 0. The molecule has 0 spiro atoms. The van der Waals surface area contributed by atoms with Crippen molar-refractivity contribution in [2.24, 2.45) is 11.8 Å². The van der Waals surface area contributed by atoms with Crippen LogP contribution in [0.5, 0.6) is 0 Å². The molecule has 11 heteroatoms. The molecule has 8 nitrogen and oxygen atoms in total. The van der Waals surface area contributed by atoms with E-state index in [1.807, 2.05) is 34.9 Å². The molecule has 0 aliphatic carbocycles. The number of ether oxygens (including phenoxy) is 1. The van der Waals surface area contributed by atoms with Crippen molar-refractivity contribution in [3.05, 3.63) is 84.2 Å². The molecule has 43 heavy (non-hydrogen) atoms. The highest BCUT2D eigenvalue weighted by molar-refractivity contribution is 5.76. The molecule has 2 amide bonds. The molecule has 1 radical (unpaired) electrons. The number of nitrogens with zero attached hydrogens (tertiary/aromatic N) is 4. The summed E-state index contributed by atoms with van der Waals surface area (Å²) in [6.45, 7) is 2.60. The lowest BCUT2D eigenvalue weighted by Gasteiger charge is -2.41. The van der Waals surface area contributed by atoms with Crippen LogP contribution >= 0.6 is 0 Å². The van der Waals surface area contributed by atoms with Crippen LogP contribution in [0.4, 0.5) is 18.0 Å². The fraction of sp³-hybridized carbons (Fsp3) is 0.469. The Morgan fingerprint density at radius 2 is 1.93 bits per heavy atom. The molecule has 3 fully saturated rings. The predicted molar refractivity (Wildman–Crippen MR) is 155 cm³/mol. The Hall–Kier alpha value is -3.41. The number of urea groups is 1. The molecule has 3 aromatic rings. The molecule has 1 unspecified atom stereocenters. The monoisotopic (exact) mass is 596 g/mol. The topological polar surface area (TPSA) is 82.9 Å². The Balaban J connectivity index is 1.48. The van der Waals surface area contributed by atoms with Crippen molar-refractivity contribution in [2.45, 2.75) is 37.7 Å². The normalized spacial score (nSPS) is 23.5. The lowest BCUT2D eigenvalue weighted by Crippen LogP contribution is -2.50. The summed E-state index contributed by atoms with van der Waals surface area (Å²) in [6.07, 6.45) is 2.81. The Labute approximate surface area is 249 Å². The molecule has 6 rings (SSSR count). The molecule has 3 saturated heterocycles. The zero-order valence-electron chi connectivity index (χ0n) is 23.9. The summed E-state index contributed by atoms with van der Waals surface area (Å²) in [4.78, 5) is 22.5. The zero-order chi connectivity index (χ0) is 29.9. The van der Waals surface area contributed by atoms with E-state index in [0.717, 1.165) is 23.8 Å². The number of hydrogen-bond acceptors (Lipinski definition) is 5. The van der Waals surface area contributed by atoms with Crippen molar-refractivity contribution >= 4 is 6.03 Å². The highest BCUT2D eigenvalue weighted by Crippen LogP contribution is 2.39. The molecule has 229 valence electrons. The number of nitrogens with one attached hydrogen (secondary N) is 1. The highest BCUT2D eigenvalue weighted by atomic mass is 19.1. The van der Waals surface area contributed by atoms with E-state index in [1.165, 1.54) is 0 Å². The second-order valence-corrected chi connectivity index (χ2v) is 11.7. The van der Waals surface area contributed by atoms with Gasteiger partial charge in [-0.15, -0.1) is 0 Å². The van der Waals surface area contributed by atoms with Crippen LogP contribution in [0.1, 0.15) is 30.3 Å². The van der Waals surface area contributed by atoms with Crippen LogP contribution in [-0.2, 0) is 11.3 Å². The number of hydrogen-bond donors (Lipinski definition) is 2. The highest BCUT2D eigenvalue weighted by Gasteiger charge is 2.42. The van der Waals surface area contributed by atoms with Gasteiger partial charge in [0.05, 0.1) is 17.8 Å². The lowest BCUT2D eigenvalue weighted by molar-refractivity contribution is 0.0208. The number of likely N-dealkylation sites (tertiary alicyclic amines) is 1. The number of halogens is 3. The molecule has 2 N–H and O–H groups in total. The Morgan fingerprint density at radius 3 is 2.63 bits per heavy atom. The van der Waals surface area contributed by atoms with E-state index in [0.29, 0.717) is 45.0 Å². The second kappa shape index (κ2) is 13.1. The van der Waals surface area contributed by atoms with Gasteiger partial charge in [-0.3, -0.25) is 0 Å². The number of carbonyl (C=O) groups excluding carboxylic acids is 1. The first-order valence-corrected chi connectivity index (χ1v) is 14.9. The van der Waals surface area contributed by atoms with Gasteiger partial charge >= 0.3 is 6.03 Å². The van der Waals surface area contributed by atoms with Gasteiger partial charge in [0.15, 0.2) is 0 Å². The number of imidazole rings is 1. The number of aromatic nitrogens is 2. The minimum atomic E-state index is -1.12. The van der Waals surface area contributed by atoms with Crippen molar-refractivity contribution in [3.8, 4) is 11.3 Å². The van der Waals surface area contributed by atoms with E-state index in [1.54, 1.807) is 22.4 Å². The molecule has 3 aliphatic heterocycles. The molecular weight excluding hydrogens is 559 g/mol. The molecule has 0 bridgehead atoms. The summed E-state index contributed by atoms with van der Waals surface area (Å²) in [6, 6.07) is 12.1. The van der Waals surface area contributed by atoms with E-state index in [9.17, 15) is 14.3 Å². The minimum Gasteiger partial charge on any atom is -0.391 e. The SMILES string of the molecule is O=C(N1C[CH][C@H](O)C1)N(C[C@@H]1CNC[C@@H]1F)C(c1nc(-c2cc(F)ccc2F)cn1Cc1ccccc1)C1CCOCC1. The average molecular weight is 597 g/mol. The second-order valence-electron chi connectivity index (χ2n) is 11.7. The zero-order valence-corrected chi connectivity index (χ0v) is 23.9. The van der Waals surface area contributed by atoms with E-state index >= 15 is 8.78 Å². The van der Waals surface area contributed by atoms with Crippen LogP contribution in [-0.4, -0.2) is 88.7 Å². The van der Waals surface area contributed by atoms with Gasteiger partial charge in [0.1, 0.15) is 23.6 Å². The average Bonchev–Trinajstić information content (AvgIpc) is 3.75. The van der Waals surface area contributed by atoms with Crippen molar-refractivity contribution < 1.29 is 27.8 Å². The van der Waals surface area contributed by atoms with Gasteiger partial charge in [-0.25, -0.2) is 22.9 Å². The minimum absolute atomic E-state index is 0.0257. The number of β-amino-alcohol motifs (C(OH)–C–C–N with tert-alkyl or cyclic N) is 1. The third-order valence-electron chi connectivity index (χ3n) is 8.73. The van der Waals surface area contributed by atoms with E-state index in [4.69, 9.17) is 9.72 Å². The summed E-state index contributed by atoms with van der Waals surface area (Å²) in [5, 5.41) is 13.3. The summed E-state index contributed by atoms with van der Waals surface area (Å²) < 4.78 is 52.0. The Kier molecular flexibility index (Phi) is 9.01. The number of rotatable bonds is 8. The van der Waals surface area contributed by atoms with E-state index < -0.39 is 35.9 Å². The van der Waals surface area contributed by atoms with E-state index in [2.05, 4.69) is 5.32 Å². The van der Waals surface area contributed by atoms with E-state index in [-0.39, 0.29) is 49.4 Å². The lowest BCUT2D eigenvalue weighted by atomic mass is 9.89. The van der Waals surface area contributed by atoms with Gasteiger partial charge in [-0.05, 0) is 42.5 Å². The van der Waals surface area contributed by atoms with Crippen LogP contribution < -0.4 is 5.32 Å². The quantitative estimate of drug-likeness (QED) is 0.408. The summed E-state index contributed by atoms with van der Waals surface area (Å²) >= 11 is 0. The van der Waals surface area contributed by atoms with Crippen LogP contribution in [0, 0.1) is 29.9 Å². The molecule has 3 aliphatic rings. The van der Waals surface area contributed by atoms with Crippen molar-refractivity contribution in [3.63, 3.8) is 0 Å². The molecular formula is C32H37F3N5O3. The number of amides is 2. The third-order valence-corrected chi connectivity index (χ3v) is 8.73. The number of aliphatic hydroxyl groups excluding tert-OH is 1. The molecule has 4 heterocycles. The molecule has 4 atom stereocenters. The molecule has 2 aromatic carbocycles. The maximum Gasteiger partial charge on any atom is 0.320 e. The maximum atomic E-state index is 15.1. The Bertz CT molecular complexity index is 1400. The Morgan fingerprint density at radius 1 is 1.14 bits per heavy atom. The third kappa shape index (κ3) is 6.58. The van der Waals surface area contributed by atoms with Gasteiger partial charge in [-0.2, -0.15) is 0 Å². The first-order valence-electron chi connectivity index (χ1n) is 14.9. The van der Waals surface area contributed by atoms with Gasteiger partial charge in [-0.1, -0.05) is 30.3 Å². The standard InChI is InChI=1S/C32H37F3N5O3/c33-24-6-7-27(34)26(14-24)29-20-39(17-21-4-2-1-3-5-21)31(37-29)30(22-9-12-43-13-10-22)40(18-23-15-36-16-28(23)35)32(42)38-11-8-25(41)19-38/h1-8,14,20,22-23,25,28,30,36,41H,9-13,15-19H2/t23-,25-,28-,30?/m0/s1. The maximum absolute atomic E-state index is 15.1. The number of benzene rings is 2. The largest absolute Gasteiger partial charge is 0.391 e. The van der Waals surface area contributed by atoms with Gasteiger partial charge < -0.3 is 29.5 Å². The van der Waals surface area contributed by atoms with Crippen molar-refractivity contribution in [1.29, 1.82) is 0 Å². The predicted octanol–water partition coefficient (Wildman–Crippen LogP) is 4.20. The first-order chi connectivity index (χ1) is 20.9. The smallest absolute Gasteiger partial charge is 0.320 e. The number of carbonyl (C=O) groups is 1. The summed E-state index contributed by atoms with van der Waals surface area (Å²) in [5.74, 6) is -1.18. The fourth-order valence-corrected chi connectivity index (χ4v) is 6.44. The fourth-order valence-electron chi connectivity index (χ4n) is 6.44. The number of alkyl halides is 1. The first kappa shape index (κ1) is 29.7. The van der Waals surface area contributed by atoms with Crippen molar-refractivity contribution in [2.75, 3.05) is 45.9 Å². The van der Waals surface area contributed by atoms with Crippen LogP contribution in [0.2, 0.25) is 0 Å². The van der Waals surface area contributed by atoms with Crippen LogP contribution in [0.15, 0.2) is 54.7 Å². The van der Waals surface area contributed by atoms with Crippen LogP contribution in [0.25, 0.3) is 11.3 Å².